The molecule has 2 rings (SSSR count). The van der Waals surface area contributed by atoms with Crippen LogP contribution in [0.1, 0.15) is 32.8 Å². The molecule has 1 heterocycles. The molecule has 106 valence electrons. The normalized spacial score (nSPS) is 11.2. The average Bonchev–Trinajstić information content (AvgIpc) is 2.48. The highest BCUT2D eigenvalue weighted by atomic mass is 16.5. The lowest BCUT2D eigenvalue weighted by atomic mass is 9.82. The van der Waals surface area contributed by atoms with E-state index in [1.54, 1.807) is 19.3 Å². The highest BCUT2D eigenvalue weighted by Crippen LogP contribution is 2.29. The van der Waals surface area contributed by atoms with Crippen LogP contribution in [0.3, 0.4) is 0 Å². The average molecular weight is 271 g/mol. The van der Waals surface area contributed by atoms with E-state index in [2.05, 4.69) is 48.2 Å². The lowest BCUT2D eigenvalue weighted by Gasteiger charge is -2.23. The fraction of sp³-hybridized carbons (Fsp3) is 0.375. The summed E-state index contributed by atoms with van der Waals surface area (Å²) in [6.45, 7) is 6.68. The number of rotatable bonds is 5. The van der Waals surface area contributed by atoms with E-state index in [4.69, 9.17) is 4.74 Å². The summed E-state index contributed by atoms with van der Waals surface area (Å²) in [5, 5.41) is 2.89. The highest BCUT2D eigenvalue weighted by Gasteiger charge is 2.17. The molecule has 0 fully saturated rings. The molecule has 0 aliphatic rings. The lowest BCUT2D eigenvalue weighted by molar-refractivity contribution is 0.460. The second-order valence-electron chi connectivity index (χ2n) is 5.33. The molecule has 0 spiro atoms. The molecule has 0 atom stereocenters. The summed E-state index contributed by atoms with van der Waals surface area (Å²) in [6.07, 6.45) is 2.77. The van der Waals surface area contributed by atoms with E-state index in [1.807, 2.05) is 12.1 Å². The molecular weight excluding hydrogens is 250 g/mol. The topological polar surface area (TPSA) is 47.0 Å². The van der Waals surface area contributed by atoms with Crippen molar-refractivity contribution in [3.63, 3.8) is 0 Å². The number of hydrogen-bond donors (Lipinski definition) is 1. The van der Waals surface area contributed by atoms with Crippen LogP contribution in [0.25, 0.3) is 0 Å². The fourth-order valence-corrected chi connectivity index (χ4v) is 1.82. The SMILES string of the molecule is CCC(C)(C)c1ccc(Oc2ccnc(NC)n2)cc1. The van der Waals surface area contributed by atoms with Gasteiger partial charge in [0, 0.05) is 19.3 Å². The van der Waals surface area contributed by atoms with Gasteiger partial charge in [-0.2, -0.15) is 4.98 Å². The first-order valence-electron chi connectivity index (χ1n) is 6.84. The van der Waals surface area contributed by atoms with Crippen molar-refractivity contribution in [2.75, 3.05) is 12.4 Å². The predicted molar refractivity (Wildman–Crippen MR) is 81.4 cm³/mol. The Morgan fingerprint density at radius 1 is 1.15 bits per heavy atom. The zero-order valence-electron chi connectivity index (χ0n) is 12.5. The van der Waals surface area contributed by atoms with Gasteiger partial charge in [0.05, 0.1) is 0 Å². The Hall–Kier alpha value is -2.10. The van der Waals surface area contributed by atoms with Gasteiger partial charge in [-0.05, 0) is 29.5 Å². The van der Waals surface area contributed by atoms with E-state index >= 15 is 0 Å². The summed E-state index contributed by atoms with van der Waals surface area (Å²) in [5.74, 6) is 1.86. The molecule has 0 bridgehead atoms. The molecule has 0 aliphatic heterocycles. The quantitative estimate of drug-likeness (QED) is 0.893. The molecular formula is C16H21N3O. The van der Waals surface area contributed by atoms with Gasteiger partial charge in [0.25, 0.3) is 0 Å². The van der Waals surface area contributed by atoms with Crippen LogP contribution in [0, 0.1) is 0 Å². The Bertz CT molecular complexity index is 564. The number of ether oxygens (including phenoxy) is 1. The first-order valence-corrected chi connectivity index (χ1v) is 6.84. The number of aromatic nitrogens is 2. The summed E-state index contributed by atoms with van der Waals surface area (Å²) >= 11 is 0. The third-order valence-corrected chi connectivity index (χ3v) is 3.60. The predicted octanol–water partition coefficient (Wildman–Crippen LogP) is 4.00. The van der Waals surface area contributed by atoms with E-state index in [-0.39, 0.29) is 5.41 Å². The molecule has 0 unspecified atom stereocenters. The second kappa shape index (κ2) is 5.90. The fourth-order valence-electron chi connectivity index (χ4n) is 1.82. The zero-order chi connectivity index (χ0) is 14.6. The monoisotopic (exact) mass is 271 g/mol. The van der Waals surface area contributed by atoms with Crippen LogP contribution in [0.2, 0.25) is 0 Å². The minimum atomic E-state index is 0.187. The maximum atomic E-state index is 5.73. The van der Waals surface area contributed by atoms with Crippen LogP contribution < -0.4 is 10.1 Å². The molecule has 0 aliphatic carbocycles. The van der Waals surface area contributed by atoms with E-state index < -0.39 is 0 Å². The van der Waals surface area contributed by atoms with Crippen LogP contribution in [0.5, 0.6) is 11.6 Å². The van der Waals surface area contributed by atoms with Crippen LogP contribution >= 0.6 is 0 Å². The molecule has 1 aromatic heterocycles. The lowest BCUT2D eigenvalue weighted by Crippen LogP contribution is -2.14. The van der Waals surface area contributed by atoms with Crippen LogP contribution in [-0.4, -0.2) is 17.0 Å². The Balaban J connectivity index is 2.14. The molecule has 2 aromatic rings. The first-order chi connectivity index (χ1) is 9.55. The largest absolute Gasteiger partial charge is 0.439 e. The molecule has 1 N–H and O–H groups in total. The second-order valence-corrected chi connectivity index (χ2v) is 5.33. The molecule has 0 radical (unpaired) electrons. The van der Waals surface area contributed by atoms with Crippen LogP contribution in [-0.2, 0) is 5.41 Å². The molecule has 0 amide bonds. The number of nitrogens with one attached hydrogen (secondary N) is 1. The van der Waals surface area contributed by atoms with E-state index in [0.717, 1.165) is 12.2 Å². The molecule has 0 saturated heterocycles. The Kier molecular flexibility index (Phi) is 4.23. The molecule has 4 nitrogen and oxygen atoms in total. The van der Waals surface area contributed by atoms with Crippen LogP contribution in [0.15, 0.2) is 36.5 Å². The van der Waals surface area contributed by atoms with Crippen molar-refractivity contribution in [1.82, 2.24) is 9.97 Å². The van der Waals surface area contributed by atoms with Gasteiger partial charge >= 0.3 is 0 Å². The van der Waals surface area contributed by atoms with E-state index in [0.29, 0.717) is 11.8 Å². The molecule has 4 heteroatoms. The highest BCUT2D eigenvalue weighted by molar-refractivity contribution is 5.34. The Morgan fingerprint density at radius 2 is 1.85 bits per heavy atom. The summed E-state index contributed by atoms with van der Waals surface area (Å²) in [7, 11) is 1.78. The maximum absolute atomic E-state index is 5.73. The minimum absolute atomic E-state index is 0.187. The van der Waals surface area contributed by atoms with E-state index in [9.17, 15) is 0 Å². The van der Waals surface area contributed by atoms with Crippen molar-refractivity contribution in [3.05, 3.63) is 42.1 Å². The van der Waals surface area contributed by atoms with Crippen molar-refractivity contribution in [3.8, 4) is 11.6 Å². The van der Waals surface area contributed by atoms with Gasteiger partial charge in [-0.15, -0.1) is 0 Å². The summed E-state index contributed by atoms with van der Waals surface area (Å²) in [5.41, 5.74) is 1.50. The van der Waals surface area contributed by atoms with Crippen LogP contribution in [0.4, 0.5) is 5.95 Å². The van der Waals surface area contributed by atoms with Crippen molar-refractivity contribution in [2.24, 2.45) is 0 Å². The number of benzene rings is 1. The first kappa shape index (κ1) is 14.3. The van der Waals surface area contributed by atoms with Gasteiger partial charge in [-0.1, -0.05) is 32.9 Å². The zero-order valence-corrected chi connectivity index (χ0v) is 12.5. The number of anilines is 1. The van der Waals surface area contributed by atoms with Gasteiger partial charge < -0.3 is 10.1 Å². The van der Waals surface area contributed by atoms with Crippen molar-refractivity contribution in [2.45, 2.75) is 32.6 Å². The summed E-state index contributed by atoms with van der Waals surface area (Å²) in [4.78, 5) is 8.28. The van der Waals surface area contributed by atoms with Gasteiger partial charge in [-0.25, -0.2) is 4.98 Å². The summed E-state index contributed by atoms with van der Waals surface area (Å²) < 4.78 is 5.73. The maximum Gasteiger partial charge on any atom is 0.225 e. The van der Waals surface area contributed by atoms with Gasteiger partial charge in [-0.3, -0.25) is 0 Å². The number of nitrogens with zero attached hydrogens (tertiary/aromatic N) is 2. The van der Waals surface area contributed by atoms with Crippen molar-refractivity contribution >= 4 is 5.95 Å². The third kappa shape index (κ3) is 3.26. The third-order valence-electron chi connectivity index (χ3n) is 3.60. The molecule has 1 aromatic carbocycles. The molecule has 20 heavy (non-hydrogen) atoms. The Morgan fingerprint density at radius 3 is 2.45 bits per heavy atom. The Labute approximate surface area is 120 Å². The van der Waals surface area contributed by atoms with Crippen molar-refractivity contribution < 1.29 is 4.74 Å². The van der Waals surface area contributed by atoms with E-state index in [1.165, 1.54) is 5.56 Å². The minimum Gasteiger partial charge on any atom is -0.439 e. The smallest absolute Gasteiger partial charge is 0.225 e. The van der Waals surface area contributed by atoms with Gasteiger partial charge in [0.1, 0.15) is 5.75 Å². The van der Waals surface area contributed by atoms with Gasteiger partial charge in [0.2, 0.25) is 11.8 Å². The van der Waals surface area contributed by atoms with Crippen molar-refractivity contribution in [1.29, 1.82) is 0 Å². The summed E-state index contributed by atoms with van der Waals surface area (Å²) in [6, 6.07) is 9.92. The van der Waals surface area contributed by atoms with Gasteiger partial charge in [0.15, 0.2) is 0 Å². The number of hydrogen-bond acceptors (Lipinski definition) is 4. The standard InChI is InChI=1S/C16H21N3O/c1-5-16(2,3)12-6-8-13(9-7-12)20-14-10-11-18-15(17-4)19-14/h6-11H,5H2,1-4H3,(H,17,18,19). The molecule has 0 saturated carbocycles.